The average molecular weight is 445 g/mol. The van der Waals surface area contributed by atoms with Gasteiger partial charge < -0.3 is 19.3 Å². The maximum absolute atomic E-state index is 10.6. The molecule has 3 atom stereocenters. The smallest absolute Gasteiger partial charge is 0.303 e. The summed E-state index contributed by atoms with van der Waals surface area (Å²) in [5.41, 5.74) is 1.81. The van der Waals surface area contributed by atoms with Gasteiger partial charge in [0, 0.05) is 28.5 Å². The molecular formula is C25H29ClO5. The number of hydrogen-bond acceptors (Lipinski definition) is 4. The Hall–Kier alpha value is -2.34. The fraction of sp³-hybridized carbons (Fsp3) is 0.400. The van der Waals surface area contributed by atoms with Crippen molar-refractivity contribution in [2.24, 2.45) is 5.92 Å². The van der Waals surface area contributed by atoms with Crippen molar-refractivity contribution in [3.05, 3.63) is 76.8 Å². The lowest BCUT2D eigenvalue weighted by atomic mass is 9.91. The highest BCUT2D eigenvalue weighted by molar-refractivity contribution is 6.31. The molecule has 1 aliphatic heterocycles. The highest BCUT2D eigenvalue weighted by Gasteiger charge is 2.35. The van der Waals surface area contributed by atoms with Gasteiger partial charge in [-0.25, -0.2) is 0 Å². The summed E-state index contributed by atoms with van der Waals surface area (Å²) in [7, 11) is 1.66. The maximum atomic E-state index is 10.6. The minimum Gasteiger partial charge on any atom is -0.496 e. The van der Waals surface area contributed by atoms with Crippen LogP contribution in [-0.2, 0) is 14.3 Å². The van der Waals surface area contributed by atoms with Crippen LogP contribution in [0.1, 0.15) is 55.6 Å². The van der Waals surface area contributed by atoms with Crippen LogP contribution in [-0.4, -0.2) is 24.8 Å². The molecule has 2 aromatic carbocycles. The van der Waals surface area contributed by atoms with Crippen LogP contribution in [0.4, 0.5) is 0 Å². The van der Waals surface area contributed by atoms with Crippen LogP contribution in [0.3, 0.4) is 0 Å². The van der Waals surface area contributed by atoms with Crippen LogP contribution >= 0.6 is 11.6 Å². The van der Waals surface area contributed by atoms with Gasteiger partial charge in [-0.05, 0) is 37.8 Å². The summed E-state index contributed by atoms with van der Waals surface area (Å²) >= 11 is 6.38. The van der Waals surface area contributed by atoms with E-state index < -0.39 is 12.3 Å². The molecule has 3 rings (SSSR count). The Bertz CT molecular complexity index is 882. The van der Waals surface area contributed by atoms with E-state index in [0.717, 1.165) is 36.1 Å². The van der Waals surface area contributed by atoms with E-state index in [1.165, 1.54) is 0 Å². The summed E-state index contributed by atoms with van der Waals surface area (Å²) in [6, 6.07) is 15.5. The first-order valence-electron chi connectivity index (χ1n) is 10.6. The van der Waals surface area contributed by atoms with Gasteiger partial charge in [0.05, 0.1) is 19.8 Å². The number of carbonyl (C=O) groups is 1. The van der Waals surface area contributed by atoms with Crippen molar-refractivity contribution in [2.75, 3.05) is 13.7 Å². The zero-order chi connectivity index (χ0) is 22.1. The average Bonchev–Trinajstić information content (AvgIpc) is 2.78. The van der Waals surface area contributed by atoms with Gasteiger partial charge in [-0.3, -0.25) is 4.79 Å². The van der Waals surface area contributed by atoms with Crippen molar-refractivity contribution >= 4 is 17.6 Å². The molecule has 0 amide bonds. The van der Waals surface area contributed by atoms with Crippen molar-refractivity contribution < 1.29 is 24.1 Å². The Morgan fingerprint density at radius 3 is 2.61 bits per heavy atom. The van der Waals surface area contributed by atoms with Gasteiger partial charge in [0.1, 0.15) is 5.75 Å². The predicted molar refractivity (Wildman–Crippen MR) is 120 cm³/mol. The second kappa shape index (κ2) is 11.9. The molecule has 3 unspecified atom stereocenters. The third-order valence-electron chi connectivity index (χ3n) is 5.38. The van der Waals surface area contributed by atoms with E-state index in [0.29, 0.717) is 18.1 Å². The van der Waals surface area contributed by atoms with Crippen LogP contribution in [0.15, 0.2) is 60.7 Å². The van der Waals surface area contributed by atoms with Gasteiger partial charge in [0.25, 0.3) is 0 Å². The monoisotopic (exact) mass is 444 g/mol. The minimum atomic E-state index is -0.742. The molecule has 5 nitrogen and oxygen atoms in total. The fourth-order valence-electron chi connectivity index (χ4n) is 3.76. The first kappa shape index (κ1) is 23.3. The summed E-state index contributed by atoms with van der Waals surface area (Å²) in [6.07, 6.45) is 6.93. The Labute approximate surface area is 188 Å². The maximum Gasteiger partial charge on any atom is 0.303 e. The molecule has 0 bridgehead atoms. The Morgan fingerprint density at radius 2 is 1.87 bits per heavy atom. The zero-order valence-electron chi connectivity index (χ0n) is 17.7. The largest absolute Gasteiger partial charge is 0.496 e. The second-order valence-electron chi connectivity index (χ2n) is 7.59. The third kappa shape index (κ3) is 6.57. The van der Waals surface area contributed by atoms with Crippen LogP contribution in [0.25, 0.3) is 0 Å². The number of carboxylic acids is 1. The van der Waals surface area contributed by atoms with Gasteiger partial charge in [-0.2, -0.15) is 0 Å². The van der Waals surface area contributed by atoms with Crippen molar-refractivity contribution in [3.63, 3.8) is 0 Å². The summed E-state index contributed by atoms with van der Waals surface area (Å²) in [5.74, 6) is 0.161. The van der Waals surface area contributed by atoms with E-state index >= 15 is 0 Å². The van der Waals surface area contributed by atoms with Crippen LogP contribution in [0.2, 0.25) is 5.02 Å². The highest BCUT2D eigenvalue weighted by Crippen LogP contribution is 2.43. The van der Waals surface area contributed by atoms with Crippen molar-refractivity contribution in [1.29, 1.82) is 0 Å². The number of hydrogen-bond donors (Lipinski definition) is 1. The summed E-state index contributed by atoms with van der Waals surface area (Å²) in [5, 5.41) is 9.34. The van der Waals surface area contributed by atoms with E-state index in [-0.39, 0.29) is 18.4 Å². The summed E-state index contributed by atoms with van der Waals surface area (Å²) < 4.78 is 18.1. The number of halogens is 1. The minimum absolute atomic E-state index is 0.116. The lowest BCUT2D eigenvalue weighted by Gasteiger charge is -2.37. The van der Waals surface area contributed by atoms with E-state index in [1.54, 1.807) is 7.11 Å². The molecule has 1 saturated heterocycles. The molecule has 0 saturated carbocycles. The standard InChI is InChI=1S/C25H29ClO5/c1-29-22-15-10-8-13-20(22)24-18(11-5-3-2-4-6-16-23(27)28)17-30-25(31-24)19-12-7-9-14-21(19)26/h3,5,7-10,12-15,18,24-25H,2,4,6,11,16-17H2,1H3,(H,27,28)/b5-3-. The van der Waals surface area contributed by atoms with E-state index in [4.69, 9.17) is 30.9 Å². The molecule has 6 heteroatoms. The fourth-order valence-corrected chi connectivity index (χ4v) is 3.98. The van der Waals surface area contributed by atoms with Crippen molar-refractivity contribution in [2.45, 2.75) is 44.5 Å². The molecule has 1 heterocycles. The molecule has 0 aromatic heterocycles. The molecule has 1 aliphatic rings. The Kier molecular flexibility index (Phi) is 8.95. The Morgan fingerprint density at radius 1 is 1.13 bits per heavy atom. The third-order valence-corrected chi connectivity index (χ3v) is 5.73. The molecule has 0 radical (unpaired) electrons. The van der Waals surface area contributed by atoms with Gasteiger partial charge >= 0.3 is 5.97 Å². The van der Waals surface area contributed by atoms with Crippen molar-refractivity contribution in [1.82, 2.24) is 0 Å². The number of rotatable bonds is 10. The number of methoxy groups -OCH3 is 1. The zero-order valence-corrected chi connectivity index (χ0v) is 18.5. The lowest BCUT2D eigenvalue weighted by Crippen LogP contribution is -2.30. The predicted octanol–water partition coefficient (Wildman–Crippen LogP) is 6.34. The van der Waals surface area contributed by atoms with Crippen LogP contribution in [0.5, 0.6) is 5.75 Å². The topological polar surface area (TPSA) is 65.0 Å². The molecule has 166 valence electrons. The Balaban J connectivity index is 1.71. The molecule has 0 spiro atoms. The molecular weight excluding hydrogens is 416 g/mol. The van der Waals surface area contributed by atoms with E-state index in [2.05, 4.69) is 12.2 Å². The molecule has 31 heavy (non-hydrogen) atoms. The molecule has 1 fully saturated rings. The number of benzene rings is 2. The van der Waals surface area contributed by atoms with Gasteiger partial charge in [0.15, 0.2) is 6.29 Å². The van der Waals surface area contributed by atoms with Gasteiger partial charge in [-0.15, -0.1) is 0 Å². The lowest BCUT2D eigenvalue weighted by molar-refractivity contribution is -0.244. The molecule has 2 aromatic rings. The number of unbranched alkanes of at least 4 members (excludes halogenated alkanes) is 2. The van der Waals surface area contributed by atoms with Crippen LogP contribution in [0, 0.1) is 5.92 Å². The number of aliphatic carboxylic acids is 1. The quantitative estimate of drug-likeness (QED) is 0.342. The number of carboxylic acid groups (broad SMARTS) is 1. The molecule has 1 N–H and O–H groups in total. The van der Waals surface area contributed by atoms with Crippen molar-refractivity contribution in [3.8, 4) is 5.75 Å². The van der Waals surface area contributed by atoms with E-state index in [1.807, 2.05) is 48.5 Å². The first-order chi connectivity index (χ1) is 15.1. The highest BCUT2D eigenvalue weighted by atomic mass is 35.5. The molecule has 0 aliphatic carbocycles. The van der Waals surface area contributed by atoms with Crippen LogP contribution < -0.4 is 4.74 Å². The summed E-state index contributed by atoms with van der Waals surface area (Å²) in [4.78, 5) is 10.6. The number of allylic oxidation sites excluding steroid dienone is 2. The first-order valence-corrected chi connectivity index (χ1v) is 11.0. The number of para-hydroxylation sites is 1. The second-order valence-corrected chi connectivity index (χ2v) is 8.00. The number of ether oxygens (including phenoxy) is 3. The summed E-state index contributed by atoms with van der Waals surface area (Å²) in [6.45, 7) is 0.530. The SMILES string of the molecule is COc1ccccc1C1OC(c2ccccc2Cl)OCC1C/C=C\CCCCC(=O)O. The van der Waals surface area contributed by atoms with E-state index in [9.17, 15) is 4.79 Å². The van der Waals surface area contributed by atoms with Gasteiger partial charge in [-0.1, -0.05) is 60.2 Å². The normalized spacial score (nSPS) is 21.3. The van der Waals surface area contributed by atoms with Gasteiger partial charge in [0.2, 0.25) is 0 Å².